The predicted molar refractivity (Wildman–Crippen MR) is 254 cm³/mol. The van der Waals surface area contributed by atoms with Crippen LogP contribution in [-0.4, -0.2) is 24.9 Å². The lowest BCUT2D eigenvalue weighted by Gasteiger charge is -2.13. The van der Waals surface area contributed by atoms with Crippen LogP contribution in [0.1, 0.15) is 0 Å². The number of aromatic nitrogens is 5. The summed E-state index contributed by atoms with van der Waals surface area (Å²) >= 11 is 0. The first kappa shape index (κ1) is 36.7. The van der Waals surface area contributed by atoms with Crippen LogP contribution in [0.3, 0.4) is 0 Å². The zero-order chi connectivity index (χ0) is 41.2. The minimum atomic E-state index is 0.624. The van der Waals surface area contributed by atoms with E-state index in [1.165, 1.54) is 5.56 Å². The molecule has 11 rings (SSSR count). The smallest absolute Gasteiger partial charge is 0.164 e. The molecule has 11 aromatic rings. The molecule has 3 aromatic heterocycles. The van der Waals surface area contributed by atoms with Crippen LogP contribution in [0.4, 0.5) is 0 Å². The zero-order valence-corrected chi connectivity index (χ0v) is 33.6. The molecule has 0 radical (unpaired) electrons. The summed E-state index contributed by atoms with van der Waals surface area (Å²) in [7, 11) is 0. The van der Waals surface area contributed by atoms with E-state index in [-0.39, 0.29) is 0 Å². The Bertz CT molecular complexity index is 3340. The van der Waals surface area contributed by atoms with Crippen LogP contribution in [0.25, 0.3) is 112 Å². The summed E-state index contributed by atoms with van der Waals surface area (Å²) in [5.74, 6) is 1.89. The normalized spacial score (nSPS) is 11.2. The van der Waals surface area contributed by atoms with Crippen molar-refractivity contribution >= 4 is 21.8 Å². The van der Waals surface area contributed by atoms with Crippen LogP contribution >= 0.6 is 0 Å². The van der Waals surface area contributed by atoms with E-state index in [9.17, 15) is 0 Å². The molecular weight excluding hydrogens is 755 g/mol. The molecule has 8 aromatic carbocycles. The number of hydrogen-bond donors (Lipinski definition) is 0. The zero-order valence-electron chi connectivity index (χ0n) is 33.6. The third-order valence-corrected chi connectivity index (χ3v) is 11.4. The first-order valence-electron chi connectivity index (χ1n) is 20.7. The Hall–Kier alpha value is -8.41. The monoisotopic (exact) mass is 791 g/mol. The molecule has 0 saturated carbocycles. The molecule has 0 aliphatic carbocycles. The summed E-state index contributed by atoms with van der Waals surface area (Å²) in [5, 5.41) is 2.13. The highest BCUT2D eigenvalue weighted by Crippen LogP contribution is 2.36. The van der Waals surface area contributed by atoms with Gasteiger partial charge in [0.15, 0.2) is 17.5 Å². The summed E-state index contributed by atoms with van der Waals surface area (Å²) in [4.78, 5) is 25.4. The van der Waals surface area contributed by atoms with Gasteiger partial charge in [-0.1, -0.05) is 212 Å². The van der Waals surface area contributed by atoms with Gasteiger partial charge < -0.3 is 0 Å². The van der Waals surface area contributed by atoms with Gasteiger partial charge in [0.05, 0.1) is 22.4 Å². The molecule has 0 bridgehead atoms. The lowest BCUT2D eigenvalue weighted by molar-refractivity contribution is 1.07. The summed E-state index contributed by atoms with van der Waals surface area (Å²) < 4.78 is 0. The van der Waals surface area contributed by atoms with Crippen molar-refractivity contribution in [2.75, 3.05) is 0 Å². The van der Waals surface area contributed by atoms with E-state index in [2.05, 4.69) is 182 Å². The Balaban J connectivity index is 0.912. The van der Waals surface area contributed by atoms with E-state index in [0.29, 0.717) is 17.5 Å². The van der Waals surface area contributed by atoms with E-state index in [4.69, 9.17) is 24.9 Å². The molecule has 0 N–H and O–H groups in total. The van der Waals surface area contributed by atoms with Gasteiger partial charge in [-0.2, -0.15) is 0 Å². The molecule has 0 aliphatic rings. The Labute approximate surface area is 359 Å². The fourth-order valence-corrected chi connectivity index (χ4v) is 8.08. The molecule has 290 valence electrons. The van der Waals surface area contributed by atoms with Crippen molar-refractivity contribution in [3.63, 3.8) is 0 Å². The molecule has 0 fully saturated rings. The Kier molecular flexibility index (Phi) is 9.45. The van der Waals surface area contributed by atoms with E-state index in [1.807, 2.05) is 42.5 Å². The number of hydrogen-bond acceptors (Lipinski definition) is 5. The van der Waals surface area contributed by atoms with Gasteiger partial charge in [-0.3, -0.25) is 0 Å². The number of benzene rings is 8. The molecule has 0 atom stereocenters. The van der Waals surface area contributed by atoms with Crippen LogP contribution in [-0.2, 0) is 0 Å². The van der Waals surface area contributed by atoms with Gasteiger partial charge in [0.2, 0.25) is 0 Å². The van der Waals surface area contributed by atoms with Gasteiger partial charge in [-0.15, -0.1) is 0 Å². The quantitative estimate of drug-likeness (QED) is 0.143. The molecule has 62 heavy (non-hydrogen) atoms. The highest BCUT2D eigenvalue weighted by Gasteiger charge is 2.16. The average molecular weight is 792 g/mol. The van der Waals surface area contributed by atoms with E-state index >= 15 is 0 Å². The van der Waals surface area contributed by atoms with E-state index < -0.39 is 0 Å². The van der Waals surface area contributed by atoms with Gasteiger partial charge in [0.1, 0.15) is 0 Å². The summed E-state index contributed by atoms with van der Waals surface area (Å²) in [6.07, 6.45) is 0. The standard InChI is InChI=1S/C57H37N5/c1-5-13-38(14-6-1)39-23-29-47(30-24-39)56-60-55(46-19-11-4-12-20-46)61-57(62-56)48-31-25-41(26-32-48)40-21-27-44(28-22-40)51-36-34-45-33-35-49-50(42-15-7-2-8-16-42)37-52(43-17-9-3-10-18-43)59-54(49)53(45)58-51/h1-37H. The predicted octanol–water partition coefficient (Wildman–Crippen LogP) is 14.3. The van der Waals surface area contributed by atoms with Crippen LogP contribution in [0.5, 0.6) is 0 Å². The molecule has 0 amide bonds. The second kappa shape index (κ2) is 16.0. The molecule has 3 heterocycles. The topological polar surface area (TPSA) is 64.5 Å². The Morgan fingerprint density at radius 1 is 0.226 bits per heavy atom. The molecule has 5 heteroatoms. The highest BCUT2D eigenvalue weighted by molar-refractivity contribution is 6.09. The Morgan fingerprint density at radius 2 is 0.581 bits per heavy atom. The van der Waals surface area contributed by atoms with Crippen LogP contribution < -0.4 is 0 Å². The van der Waals surface area contributed by atoms with Gasteiger partial charge in [0.25, 0.3) is 0 Å². The molecule has 0 unspecified atom stereocenters. The van der Waals surface area contributed by atoms with Gasteiger partial charge in [-0.25, -0.2) is 24.9 Å². The number of fused-ring (bicyclic) bond motifs is 3. The van der Waals surface area contributed by atoms with Crippen molar-refractivity contribution in [2.24, 2.45) is 0 Å². The highest BCUT2D eigenvalue weighted by atomic mass is 15.0. The maximum absolute atomic E-state index is 5.29. The van der Waals surface area contributed by atoms with Crippen molar-refractivity contribution in [1.82, 2.24) is 24.9 Å². The number of nitrogens with zero attached hydrogens (tertiary/aromatic N) is 5. The maximum atomic E-state index is 5.29. The second-order valence-electron chi connectivity index (χ2n) is 15.3. The summed E-state index contributed by atoms with van der Waals surface area (Å²) in [6.45, 7) is 0. The van der Waals surface area contributed by atoms with Crippen molar-refractivity contribution in [1.29, 1.82) is 0 Å². The van der Waals surface area contributed by atoms with Crippen LogP contribution in [0, 0.1) is 0 Å². The van der Waals surface area contributed by atoms with Crippen molar-refractivity contribution < 1.29 is 0 Å². The van der Waals surface area contributed by atoms with Crippen molar-refractivity contribution in [2.45, 2.75) is 0 Å². The maximum Gasteiger partial charge on any atom is 0.164 e. The largest absolute Gasteiger partial charge is 0.245 e. The molecule has 5 nitrogen and oxygen atoms in total. The third kappa shape index (κ3) is 7.18. The number of rotatable bonds is 8. The average Bonchev–Trinajstić information content (AvgIpc) is 3.37. The lowest BCUT2D eigenvalue weighted by atomic mass is 9.97. The van der Waals surface area contributed by atoms with Crippen molar-refractivity contribution in [3.05, 3.63) is 224 Å². The lowest BCUT2D eigenvalue weighted by Crippen LogP contribution is -2.00. The molecular formula is C57H37N5. The minimum Gasteiger partial charge on any atom is -0.245 e. The van der Waals surface area contributed by atoms with Crippen molar-refractivity contribution in [3.8, 4) is 90.1 Å². The first-order valence-corrected chi connectivity index (χ1v) is 20.7. The third-order valence-electron chi connectivity index (χ3n) is 11.4. The summed E-state index contributed by atoms with van der Waals surface area (Å²) in [5.41, 5.74) is 15.3. The Morgan fingerprint density at radius 3 is 1.10 bits per heavy atom. The van der Waals surface area contributed by atoms with Crippen LogP contribution in [0.2, 0.25) is 0 Å². The van der Waals surface area contributed by atoms with Crippen LogP contribution in [0.15, 0.2) is 224 Å². The minimum absolute atomic E-state index is 0.624. The second-order valence-corrected chi connectivity index (χ2v) is 15.3. The summed E-state index contributed by atoms with van der Waals surface area (Å²) in [6, 6.07) is 77.6. The first-order chi connectivity index (χ1) is 30.7. The molecule has 0 aliphatic heterocycles. The fourth-order valence-electron chi connectivity index (χ4n) is 8.08. The fraction of sp³-hybridized carbons (Fsp3) is 0. The molecule has 0 saturated heterocycles. The van der Waals surface area contributed by atoms with Gasteiger partial charge in [-0.05, 0) is 45.5 Å². The van der Waals surface area contributed by atoms with Gasteiger partial charge >= 0.3 is 0 Å². The molecule has 0 spiro atoms. The van der Waals surface area contributed by atoms with Gasteiger partial charge in [0, 0.05) is 38.6 Å². The number of pyridine rings is 2. The van der Waals surface area contributed by atoms with E-state index in [0.717, 1.165) is 88.8 Å². The SMILES string of the molecule is c1ccc(-c2ccc(-c3nc(-c4ccccc4)nc(-c4ccc(-c5ccc(-c6ccc7ccc8c(-c9ccccc9)cc(-c9ccccc9)nc8c7n6)cc5)cc4)n3)cc2)cc1. The van der Waals surface area contributed by atoms with E-state index in [1.54, 1.807) is 0 Å².